The molecule has 2 atom stereocenters. The number of sulfonamides is 1. The van der Waals surface area contributed by atoms with Crippen LogP contribution in [0.15, 0.2) is 48.5 Å². The van der Waals surface area contributed by atoms with Crippen LogP contribution in [0, 0.1) is 0 Å². The molecule has 0 radical (unpaired) electrons. The summed E-state index contributed by atoms with van der Waals surface area (Å²) in [5, 5.41) is 2.94. The molecular weight excluding hydrogens is 494 g/mol. The molecule has 2 aromatic rings. The molecule has 0 unspecified atom stereocenters. The van der Waals surface area contributed by atoms with Gasteiger partial charge in [0, 0.05) is 25.6 Å². The number of para-hydroxylation sites is 2. The average molecular weight is 534 g/mol. The zero-order valence-electron chi connectivity index (χ0n) is 22.6. The number of anilines is 1. The van der Waals surface area contributed by atoms with E-state index in [1.54, 1.807) is 38.3 Å². The number of amides is 2. The van der Waals surface area contributed by atoms with Crippen molar-refractivity contribution in [3.8, 4) is 11.5 Å². The Morgan fingerprint density at radius 3 is 2.35 bits per heavy atom. The van der Waals surface area contributed by atoms with Crippen LogP contribution in [0.5, 0.6) is 11.5 Å². The van der Waals surface area contributed by atoms with Crippen molar-refractivity contribution < 1.29 is 27.5 Å². The minimum Gasteiger partial charge on any atom is -0.497 e. The summed E-state index contributed by atoms with van der Waals surface area (Å²) in [6.45, 7) is 5.90. The second-order valence-corrected chi connectivity index (χ2v) is 10.9. The number of ether oxygens (including phenoxy) is 2. The van der Waals surface area contributed by atoms with Crippen molar-refractivity contribution >= 4 is 27.5 Å². The van der Waals surface area contributed by atoms with E-state index < -0.39 is 16.1 Å². The molecule has 0 saturated heterocycles. The molecule has 2 amide bonds. The van der Waals surface area contributed by atoms with Crippen molar-refractivity contribution in [1.82, 2.24) is 10.2 Å². The van der Waals surface area contributed by atoms with Crippen molar-refractivity contribution in [2.24, 2.45) is 0 Å². The van der Waals surface area contributed by atoms with Crippen LogP contribution in [0.1, 0.15) is 45.6 Å². The van der Waals surface area contributed by atoms with Gasteiger partial charge < -0.3 is 19.7 Å². The van der Waals surface area contributed by atoms with E-state index in [0.29, 0.717) is 17.2 Å². The third-order valence-corrected chi connectivity index (χ3v) is 7.34. The second-order valence-electron chi connectivity index (χ2n) is 8.98. The minimum absolute atomic E-state index is 0.0205. The molecule has 204 valence electrons. The van der Waals surface area contributed by atoms with Gasteiger partial charge in [0.2, 0.25) is 21.8 Å². The molecule has 2 aromatic carbocycles. The van der Waals surface area contributed by atoms with Crippen LogP contribution < -0.4 is 19.1 Å². The molecule has 0 aromatic heterocycles. The van der Waals surface area contributed by atoms with E-state index in [2.05, 4.69) is 5.32 Å². The highest BCUT2D eigenvalue weighted by Crippen LogP contribution is 2.29. The number of carbonyl (C=O) groups is 2. The van der Waals surface area contributed by atoms with E-state index in [4.69, 9.17) is 9.47 Å². The summed E-state index contributed by atoms with van der Waals surface area (Å²) >= 11 is 0. The molecule has 0 aliphatic heterocycles. The fraction of sp³-hybridized carbons (Fsp3) is 0.481. The highest BCUT2D eigenvalue weighted by Gasteiger charge is 2.27. The first-order valence-corrected chi connectivity index (χ1v) is 14.2. The van der Waals surface area contributed by atoms with Gasteiger partial charge in [-0.05, 0) is 56.5 Å². The number of nitrogens with zero attached hydrogens (tertiary/aromatic N) is 2. The van der Waals surface area contributed by atoms with Gasteiger partial charge in [0.15, 0.2) is 0 Å². The fourth-order valence-corrected chi connectivity index (χ4v) is 4.80. The smallest absolute Gasteiger partial charge is 0.242 e. The lowest BCUT2D eigenvalue weighted by atomic mass is 10.1. The Morgan fingerprint density at radius 2 is 1.73 bits per heavy atom. The van der Waals surface area contributed by atoms with Crippen molar-refractivity contribution in [3.63, 3.8) is 0 Å². The van der Waals surface area contributed by atoms with Crippen LogP contribution in [0.2, 0.25) is 0 Å². The Labute approximate surface area is 220 Å². The standard InChI is InChI=1S/C27H39N3O6S/c1-7-20(2)28-27(32)21(3)29(19-22-12-10-13-23(18-22)35-4)26(31)16-11-17-30(37(6,33)34)24-14-8-9-15-25(24)36-5/h8-10,12-15,18,20-21H,7,11,16-17,19H2,1-6H3,(H,28,32)/t20-,21+/m1/s1. The SMILES string of the molecule is CC[C@@H](C)NC(=O)[C@H](C)N(Cc1cccc(OC)c1)C(=O)CCCN(c1ccccc1OC)S(C)(=O)=O. The predicted octanol–water partition coefficient (Wildman–Crippen LogP) is 3.58. The van der Waals surface area contributed by atoms with E-state index in [-0.39, 0.29) is 43.8 Å². The summed E-state index contributed by atoms with van der Waals surface area (Å²) in [6.07, 6.45) is 2.22. The summed E-state index contributed by atoms with van der Waals surface area (Å²) in [5.41, 5.74) is 1.23. The van der Waals surface area contributed by atoms with Gasteiger partial charge in [-0.3, -0.25) is 13.9 Å². The summed E-state index contributed by atoms with van der Waals surface area (Å²) in [7, 11) is -0.575. The van der Waals surface area contributed by atoms with Crippen LogP contribution in [0.25, 0.3) is 0 Å². The van der Waals surface area contributed by atoms with Crippen LogP contribution in [0.4, 0.5) is 5.69 Å². The van der Waals surface area contributed by atoms with E-state index in [0.717, 1.165) is 18.2 Å². The highest BCUT2D eigenvalue weighted by atomic mass is 32.2. The van der Waals surface area contributed by atoms with E-state index >= 15 is 0 Å². The number of rotatable bonds is 14. The van der Waals surface area contributed by atoms with Crippen LogP contribution in [-0.4, -0.2) is 64.2 Å². The van der Waals surface area contributed by atoms with Gasteiger partial charge >= 0.3 is 0 Å². The lowest BCUT2D eigenvalue weighted by molar-refractivity contribution is -0.140. The molecule has 0 saturated carbocycles. The number of carbonyl (C=O) groups excluding carboxylic acids is 2. The van der Waals surface area contributed by atoms with Crippen molar-refractivity contribution in [2.45, 2.75) is 58.7 Å². The van der Waals surface area contributed by atoms with Crippen LogP contribution >= 0.6 is 0 Å². The molecular formula is C27H39N3O6S. The molecule has 2 rings (SSSR count). The van der Waals surface area contributed by atoms with E-state index in [1.165, 1.54) is 16.3 Å². The Hall–Kier alpha value is -3.27. The second kappa shape index (κ2) is 13.9. The molecule has 0 bridgehead atoms. The summed E-state index contributed by atoms with van der Waals surface area (Å²) < 4.78 is 37.0. The topological polar surface area (TPSA) is 105 Å². The molecule has 10 heteroatoms. The van der Waals surface area contributed by atoms with Gasteiger partial charge in [-0.1, -0.05) is 31.2 Å². The van der Waals surface area contributed by atoms with Gasteiger partial charge in [-0.2, -0.15) is 0 Å². The Balaban J connectivity index is 2.22. The predicted molar refractivity (Wildman–Crippen MR) is 145 cm³/mol. The van der Waals surface area contributed by atoms with E-state index in [9.17, 15) is 18.0 Å². The van der Waals surface area contributed by atoms with E-state index in [1.807, 2.05) is 38.1 Å². The first-order chi connectivity index (χ1) is 17.5. The summed E-state index contributed by atoms with van der Waals surface area (Å²) in [6, 6.07) is 13.4. The maximum atomic E-state index is 13.4. The molecule has 0 aliphatic rings. The maximum absolute atomic E-state index is 13.4. The Kier molecular flexibility index (Phi) is 11.2. The molecule has 0 aliphatic carbocycles. The molecule has 37 heavy (non-hydrogen) atoms. The number of hydrogen-bond donors (Lipinski definition) is 1. The normalized spacial score (nSPS) is 12.8. The van der Waals surface area contributed by atoms with Crippen molar-refractivity contribution in [1.29, 1.82) is 0 Å². The summed E-state index contributed by atoms with van der Waals surface area (Å²) in [5.74, 6) is 0.594. The number of nitrogens with one attached hydrogen (secondary N) is 1. The largest absolute Gasteiger partial charge is 0.497 e. The lowest BCUT2D eigenvalue weighted by Crippen LogP contribution is -2.49. The first kappa shape index (κ1) is 30.0. The highest BCUT2D eigenvalue weighted by molar-refractivity contribution is 7.92. The maximum Gasteiger partial charge on any atom is 0.242 e. The van der Waals surface area contributed by atoms with Crippen LogP contribution in [0.3, 0.4) is 0 Å². The van der Waals surface area contributed by atoms with Gasteiger partial charge in [0.25, 0.3) is 0 Å². The molecule has 1 N–H and O–H groups in total. The number of benzene rings is 2. The fourth-order valence-electron chi connectivity index (χ4n) is 3.83. The molecule has 0 spiro atoms. The Bertz CT molecular complexity index is 1150. The zero-order chi connectivity index (χ0) is 27.6. The number of hydrogen-bond acceptors (Lipinski definition) is 6. The first-order valence-electron chi connectivity index (χ1n) is 12.3. The third kappa shape index (κ3) is 8.66. The Morgan fingerprint density at radius 1 is 1.03 bits per heavy atom. The van der Waals surface area contributed by atoms with Crippen molar-refractivity contribution in [2.75, 3.05) is 31.3 Å². The molecule has 0 heterocycles. The van der Waals surface area contributed by atoms with Gasteiger partial charge in [0.1, 0.15) is 17.5 Å². The van der Waals surface area contributed by atoms with Gasteiger partial charge in [-0.15, -0.1) is 0 Å². The quantitative estimate of drug-likeness (QED) is 0.398. The third-order valence-electron chi connectivity index (χ3n) is 6.16. The van der Waals surface area contributed by atoms with Crippen molar-refractivity contribution in [3.05, 3.63) is 54.1 Å². The monoisotopic (exact) mass is 533 g/mol. The average Bonchev–Trinajstić information content (AvgIpc) is 2.88. The number of methoxy groups -OCH3 is 2. The molecule has 0 fully saturated rings. The zero-order valence-corrected chi connectivity index (χ0v) is 23.4. The van der Waals surface area contributed by atoms with Gasteiger partial charge in [0.05, 0.1) is 26.2 Å². The van der Waals surface area contributed by atoms with Crippen LogP contribution in [-0.2, 0) is 26.2 Å². The molecule has 9 nitrogen and oxygen atoms in total. The van der Waals surface area contributed by atoms with Gasteiger partial charge in [-0.25, -0.2) is 8.42 Å². The minimum atomic E-state index is -3.62. The lowest BCUT2D eigenvalue weighted by Gasteiger charge is -2.30. The summed E-state index contributed by atoms with van der Waals surface area (Å²) in [4.78, 5) is 27.9.